The largest absolute Gasteiger partial charge is 0.273 e. The number of carbonyl (C=O) groups excluding carboxylic acids is 1. The molecule has 84 valence electrons. The third kappa shape index (κ3) is 2.21. The van der Waals surface area contributed by atoms with Crippen LogP contribution in [-0.2, 0) is 6.54 Å². The van der Waals surface area contributed by atoms with E-state index in [1.54, 1.807) is 29.3 Å². The minimum Gasteiger partial charge on any atom is -0.273 e. The van der Waals surface area contributed by atoms with Crippen molar-refractivity contribution < 1.29 is 4.79 Å². The molecule has 0 spiro atoms. The lowest BCUT2D eigenvalue weighted by molar-refractivity contribution is 0.0879. The van der Waals surface area contributed by atoms with E-state index in [1.165, 1.54) is 4.68 Å². The highest BCUT2D eigenvalue weighted by molar-refractivity contribution is 9.10. The van der Waals surface area contributed by atoms with E-state index in [9.17, 15) is 4.79 Å². The average molecular weight is 283 g/mol. The summed E-state index contributed by atoms with van der Waals surface area (Å²) in [5.41, 5.74) is 1.02. The Bertz CT molecular complexity index is 489. The first-order chi connectivity index (χ1) is 7.68. The van der Waals surface area contributed by atoms with Crippen LogP contribution < -0.4 is 0 Å². The molecule has 2 heterocycles. The molecule has 0 radical (unpaired) electrons. The monoisotopic (exact) mass is 282 g/mol. The molecule has 0 saturated carbocycles. The Hall–Kier alpha value is -1.43. The number of nitrogens with zero attached hydrogens (tertiary/aromatic N) is 4. The molecular formula is C10H11BrN4O. The fraction of sp³-hybridized carbons (Fsp3) is 0.300. The van der Waals surface area contributed by atoms with Crippen molar-refractivity contribution in [1.82, 2.24) is 19.6 Å². The molecule has 0 bridgehead atoms. The van der Waals surface area contributed by atoms with Crippen molar-refractivity contribution in [3.05, 3.63) is 34.8 Å². The maximum absolute atomic E-state index is 11.6. The predicted octanol–water partition coefficient (Wildman–Crippen LogP) is 1.88. The van der Waals surface area contributed by atoms with Gasteiger partial charge in [-0.05, 0) is 28.9 Å². The zero-order valence-electron chi connectivity index (χ0n) is 8.80. The van der Waals surface area contributed by atoms with E-state index in [1.807, 2.05) is 6.92 Å². The van der Waals surface area contributed by atoms with E-state index >= 15 is 0 Å². The normalized spacial score (nSPS) is 10.6. The summed E-state index contributed by atoms with van der Waals surface area (Å²) < 4.78 is 4.10. The van der Waals surface area contributed by atoms with E-state index in [0.717, 1.165) is 10.2 Å². The molecule has 0 fully saturated rings. The number of hydrogen-bond acceptors (Lipinski definition) is 3. The number of carbonyl (C=O) groups is 1. The predicted molar refractivity (Wildman–Crippen MR) is 62.1 cm³/mol. The molecule has 0 N–H and O–H groups in total. The quantitative estimate of drug-likeness (QED) is 0.864. The van der Waals surface area contributed by atoms with Gasteiger partial charge in [-0.2, -0.15) is 10.2 Å². The van der Waals surface area contributed by atoms with Gasteiger partial charge in [-0.1, -0.05) is 0 Å². The van der Waals surface area contributed by atoms with Gasteiger partial charge in [0.05, 0.1) is 17.2 Å². The Morgan fingerprint density at radius 1 is 1.50 bits per heavy atom. The highest BCUT2D eigenvalue weighted by Crippen LogP contribution is 2.14. The Labute approximate surface area is 101 Å². The zero-order chi connectivity index (χ0) is 11.5. The Balaban J connectivity index is 1.98. The number of aromatic nitrogens is 4. The second-order valence-electron chi connectivity index (χ2n) is 3.40. The van der Waals surface area contributed by atoms with Gasteiger partial charge < -0.3 is 0 Å². The first-order valence-corrected chi connectivity index (χ1v) is 5.68. The van der Waals surface area contributed by atoms with Gasteiger partial charge in [-0.15, -0.1) is 0 Å². The molecule has 0 saturated heterocycles. The van der Waals surface area contributed by atoms with Crippen molar-refractivity contribution >= 4 is 21.8 Å². The Morgan fingerprint density at radius 3 is 2.88 bits per heavy atom. The Morgan fingerprint density at radius 2 is 2.31 bits per heavy atom. The van der Waals surface area contributed by atoms with Gasteiger partial charge in [0.25, 0.3) is 0 Å². The molecule has 0 aromatic carbocycles. The maximum atomic E-state index is 11.6. The van der Waals surface area contributed by atoms with E-state index in [2.05, 4.69) is 26.1 Å². The molecule has 0 amide bonds. The molecule has 0 unspecified atom stereocenters. The molecule has 16 heavy (non-hydrogen) atoms. The molecule has 2 rings (SSSR count). The topological polar surface area (TPSA) is 52.7 Å². The molecule has 5 nitrogen and oxygen atoms in total. The maximum Gasteiger partial charge on any atom is 0.248 e. The van der Waals surface area contributed by atoms with Crippen LogP contribution in [0.5, 0.6) is 0 Å². The minimum atomic E-state index is -0.0315. The third-order valence-corrected chi connectivity index (χ3v) is 3.12. The average Bonchev–Trinajstić information content (AvgIpc) is 2.89. The summed E-state index contributed by atoms with van der Waals surface area (Å²) in [5, 5.41) is 8.04. The van der Waals surface area contributed by atoms with Crippen LogP contribution in [0, 0.1) is 6.92 Å². The summed E-state index contributed by atoms with van der Waals surface area (Å²) in [7, 11) is 0. The molecule has 0 aliphatic carbocycles. The summed E-state index contributed by atoms with van der Waals surface area (Å²) in [6.45, 7) is 2.52. The van der Waals surface area contributed by atoms with Crippen LogP contribution in [0.1, 0.15) is 16.9 Å². The fourth-order valence-corrected chi connectivity index (χ4v) is 1.68. The first-order valence-electron chi connectivity index (χ1n) is 4.89. The van der Waals surface area contributed by atoms with Crippen LogP contribution >= 0.6 is 15.9 Å². The van der Waals surface area contributed by atoms with Crippen molar-refractivity contribution in [1.29, 1.82) is 0 Å². The van der Waals surface area contributed by atoms with Crippen LogP contribution in [0.3, 0.4) is 0 Å². The second kappa shape index (κ2) is 4.61. The van der Waals surface area contributed by atoms with Crippen LogP contribution in [0.2, 0.25) is 0 Å². The molecule has 0 aliphatic heterocycles. The lowest BCUT2D eigenvalue weighted by Crippen LogP contribution is -2.15. The van der Waals surface area contributed by atoms with E-state index in [-0.39, 0.29) is 5.91 Å². The van der Waals surface area contributed by atoms with Gasteiger partial charge in [0.15, 0.2) is 0 Å². The summed E-state index contributed by atoms with van der Waals surface area (Å²) >= 11 is 3.38. The van der Waals surface area contributed by atoms with Crippen molar-refractivity contribution in [3.8, 4) is 0 Å². The third-order valence-electron chi connectivity index (χ3n) is 2.34. The van der Waals surface area contributed by atoms with Crippen LogP contribution in [0.25, 0.3) is 0 Å². The van der Waals surface area contributed by atoms with Gasteiger partial charge in [0.2, 0.25) is 5.91 Å². The zero-order valence-corrected chi connectivity index (χ0v) is 10.4. The molecule has 2 aromatic heterocycles. The lowest BCUT2D eigenvalue weighted by Gasteiger charge is -2.03. The van der Waals surface area contributed by atoms with E-state index in [4.69, 9.17) is 0 Å². The molecule has 6 heteroatoms. The summed E-state index contributed by atoms with van der Waals surface area (Å²) in [6.07, 6.45) is 5.35. The number of rotatable bonds is 3. The lowest BCUT2D eigenvalue weighted by atomic mass is 10.4. The fourth-order valence-electron chi connectivity index (χ4n) is 1.38. The van der Waals surface area contributed by atoms with Crippen molar-refractivity contribution in [2.45, 2.75) is 19.9 Å². The first kappa shape index (κ1) is 11.1. The van der Waals surface area contributed by atoms with Gasteiger partial charge in [-0.25, -0.2) is 4.68 Å². The van der Waals surface area contributed by atoms with Crippen LogP contribution in [-0.4, -0.2) is 25.5 Å². The molecule has 0 atom stereocenters. The Kier molecular flexibility index (Phi) is 3.19. The van der Waals surface area contributed by atoms with Gasteiger partial charge in [0.1, 0.15) is 0 Å². The summed E-state index contributed by atoms with van der Waals surface area (Å²) in [4.78, 5) is 11.6. The highest BCUT2D eigenvalue weighted by Gasteiger charge is 2.08. The van der Waals surface area contributed by atoms with E-state index in [0.29, 0.717) is 13.0 Å². The number of aryl methyl sites for hydroxylation is 1. The summed E-state index contributed by atoms with van der Waals surface area (Å²) in [5.74, 6) is -0.0315. The smallest absolute Gasteiger partial charge is 0.248 e. The van der Waals surface area contributed by atoms with Gasteiger partial charge >= 0.3 is 0 Å². The molecular weight excluding hydrogens is 272 g/mol. The van der Waals surface area contributed by atoms with Gasteiger partial charge in [-0.3, -0.25) is 9.48 Å². The van der Waals surface area contributed by atoms with E-state index < -0.39 is 0 Å². The second-order valence-corrected chi connectivity index (χ2v) is 4.25. The number of hydrogen-bond donors (Lipinski definition) is 0. The standard InChI is InChI=1S/C10H11BrN4O/c1-8-9(11)7-13-14(8)6-3-10(16)15-5-2-4-12-15/h2,4-5,7H,3,6H2,1H3. The van der Waals surface area contributed by atoms with Crippen molar-refractivity contribution in [2.24, 2.45) is 0 Å². The van der Waals surface area contributed by atoms with Gasteiger partial charge in [0, 0.05) is 24.5 Å². The van der Waals surface area contributed by atoms with Crippen LogP contribution in [0.15, 0.2) is 29.1 Å². The molecule has 0 aliphatic rings. The number of halogens is 1. The molecule has 2 aromatic rings. The van der Waals surface area contributed by atoms with Crippen molar-refractivity contribution in [3.63, 3.8) is 0 Å². The van der Waals surface area contributed by atoms with Crippen LogP contribution in [0.4, 0.5) is 0 Å². The SMILES string of the molecule is Cc1c(Br)cnn1CCC(=O)n1cccn1. The minimum absolute atomic E-state index is 0.0315. The van der Waals surface area contributed by atoms with Crippen molar-refractivity contribution in [2.75, 3.05) is 0 Å². The summed E-state index contributed by atoms with van der Waals surface area (Å²) in [6, 6.07) is 1.73. The highest BCUT2D eigenvalue weighted by atomic mass is 79.9.